The van der Waals surface area contributed by atoms with E-state index in [1.54, 1.807) is 42.5 Å². The summed E-state index contributed by atoms with van der Waals surface area (Å²) < 4.78 is 18.3. The van der Waals surface area contributed by atoms with Gasteiger partial charge in [-0.05, 0) is 41.0 Å². The number of aliphatic hydroxyl groups is 1. The van der Waals surface area contributed by atoms with Crippen LogP contribution in [0.2, 0.25) is 0 Å². The van der Waals surface area contributed by atoms with Gasteiger partial charge in [0.15, 0.2) is 6.29 Å². The van der Waals surface area contributed by atoms with Crippen LogP contribution in [0.1, 0.15) is 58.4 Å². The number of amides is 3. The fourth-order valence-electron chi connectivity index (χ4n) is 5.87. The summed E-state index contributed by atoms with van der Waals surface area (Å²) in [5.41, 5.74) is 3.32. The standard InChI is InChI=1S/C37H35N3O9S/c1-22-30(21-50-33-28(35(44)45)11-6-16-38-33)48-36(49-32(22)25-14-12-23(19-41)13-15-25)26-9-5-10-27(17-26)40-31(42)18-29(34(40)43)39-37(46)47-20-24-7-3-2-4-8-24/h2-17,22,29-30,32,36,41H,18-21H2,1H3,(H,39,46)(H,44,45)/t22-,29?,30+,32+,36+/m0/s1. The van der Waals surface area contributed by atoms with E-state index in [4.69, 9.17) is 14.2 Å². The second kappa shape index (κ2) is 15.6. The van der Waals surface area contributed by atoms with E-state index in [1.807, 2.05) is 49.4 Å². The first-order chi connectivity index (χ1) is 24.2. The molecule has 2 saturated heterocycles. The number of hydrogen-bond acceptors (Lipinski definition) is 10. The Morgan fingerprint density at radius 2 is 1.74 bits per heavy atom. The largest absolute Gasteiger partial charge is 0.478 e. The number of nitrogens with zero attached hydrogens (tertiary/aromatic N) is 2. The number of nitrogens with one attached hydrogen (secondary N) is 1. The third-order valence-electron chi connectivity index (χ3n) is 8.56. The average Bonchev–Trinajstić information content (AvgIpc) is 3.42. The smallest absolute Gasteiger partial charge is 0.408 e. The van der Waals surface area contributed by atoms with Crippen LogP contribution in [0.5, 0.6) is 0 Å². The lowest BCUT2D eigenvalue weighted by Crippen LogP contribution is -2.42. The number of carbonyl (C=O) groups is 4. The predicted molar refractivity (Wildman–Crippen MR) is 182 cm³/mol. The van der Waals surface area contributed by atoms with Crippen LogP contribution >= 0.6 is 11.8 Å². The number of imide groups is 1. The minimum absolute atomic E-state index is 0.0158. The monoisotopic (exact) mass is 697 g/mol. The van der Waals surface area contributed by atoms with Gasteiger partial charge in [0.1, 0.15) is 17.7 Å². The Bertz CT molecular complexity index is 1860. The van der Waals surface area contributed by atoms with Gasteiger partial charge in [-0.3, -0.25) is 9.59 Å². The number of anilines is 1. The van der Waals surface area contributed by atoms with Crippen LogP contribution in [0.4, 0.5) is 10.5 Å². The number of carboxylic acid groups (broad SMARTS) is 1. The molecule has 12 nitrogen and oxygen atoms in total. The zero-order valence-corrected chi connectivity index (χ0v) is 27.8. The van der Waals surface area contributed by atoms with Gasteiger partial charge in [0.2, 0.25) is 5.91 Å². The fourth-order valence-corrected chi connectivity index (χ4v) is 7.02. The van der Waals surface area contributed by atoms with Crippen molar-refractivity contribution in [2.75, 3.05) is 10.7 Å². The third kappa shape index (κ3) is 7.87. The number of rotatable bonds is 11. The van der Waals surface area contributed by atoms with E-state index in [9.17, 15) is 29.4 Å². The van der Waals surface area contributed by atoms with Crippen molar-refractivity contribution in [3.8, 4) is 0 Å². The molecule has 13 heteroatoms. The molecule has 1 aromatic heterocycles. The van der Waals surface area contributed by atoms with E-state index in [1.165, 1.54) is 24.0 Å². The molecule has 2 aliphatic rings. The lowest BCUT2D eigenvalue weighted by molar-refractivity contribution is -0.268. The molecule has 3 N–H and O–H groups in total. The molecule has 3 amide bonds. The number of aliphatic hydroxyl groups excluding tert-OH is 1. The number of pyridine rings is 1. The summed E-state index contributed by atoms with van der Waals surface area (Å²) in [5.74, 6) is -1.98. The van der Waals surface area contributed by atoms with Gasteiger partial charge in [-0.25, -0.2) is 19.5 Å². The Kier molecular flexibility index (Phi) is 10.9. The van der Waals surface area contributed by atoms with Crippen molar-refractivity contribution in [3.05, 3.63) is 125 Å². The summed E-state index contributed by atoms with van der Waals surface area (Å²) in [6.45, 7) is 1.90. The first-order valence-electron chi connectivity index (χ1n) is 16.0. The average molecular weight is 698 g/mol. The molecule has 0 saturated carbocycles. The molecular formula is C37H35N3O9S. The van der Waals surface area contributed by atoms with Gasteiger partial charge in [-0.2, -0.15) is 0 Å². The molecule has 5 atom stereocenters. The van der Waals surface area contributed by atoms with Crippen LogP contribution in [-0.4, -0.2) is 57.0 Å². The lowest BCUT2D eigenvalue weighted by Gasteiger charge is -2.41. The summed E-state index contributed by atoms with van der Waals surface area (Å²) in [6.07, 6.45) is -1.30. The van der Waals surface area contributed by atoms with Crippen molar-refractivity contribution in [1.29, 1.82) is 0 Å². The Balaban J connectivity index is 1.20. The van der Waals surface area contributed by atoms with Crippen LogP contribution in [0.25, 0.3) is 0 Å². The van der Waals surface area contributed by atoms with Crippen LogP contribution in [0.3, 0.4) is 0 Å². The lowest BCUT2D eigenvalue weighted by atomic mass is 9.91. The summed E-state index contributed by atoms with van der Waals surface area (Å²) in [5, 5.41) is 22.1. The summed E-state index contributed by atoms with van der Waals surface area (Å²) >= 11 is 1.27. The van der Waals surface area contributed by atoms with Gasteiger partial charge in [0.25, 0.3) is 5.91 Å². The van der Waals surface area contributed by atoms with Crippen molar-refractivity contribution in [2.24, 2.45) is 5.92 Å². The van der Waals surface area contributed by atoms with Crippen LogP contribution < -0.4 is 10.2 Å². The topological polar surface area (TPSA) is 165 Å². The Hall–Kier alpha value is -5.08. The molecular weight excluding hydrogens is 662 g/mol. The van der Waals surface area contributed by atoms with E-state index in [-0.39, 0.29) is 31.1 Å². The van der Waals surface area contributed by atoms with Gasteiger partial charge in [0.05, 0.1) is 36.5 Å². The number of carboxylic acids is 1. The quantitative estimate of drug-likeness (QED) is 0.136. The van der Waals surface area contributed by atoms with Crippen molar-refractivity contribution in [1.82, 2.24) is 10.3 Å². The zero-order chi connectivity index (χ0) is 35.2. The number of alkyl carbamates (subject to hydrolysis) is 1. The number of hydrogen-bond donors (Lipinski definition) is 3. The normalized spacial score (nSPS) is 22.0. The third-order valence-corrected chi connectivity index (χ3v) is 9.66. The van der Waals surface area contributed by atoms with Crippen molar-refractivity contribution < 1.29 is 43.6 Å². The van der Waals surface area contributed by atoms with E-state index < -0.39 is 48.4 Å². The maximum Gasteiger partial charge on any atom is 0.408 e. The van der Waals surface area contributed by atoms with E-state index >= 15 is 0 Å². The van der Waals surface area contributed by atoms with Gasteiger partial charge in [-0.15, -0.1) is 11.8 Å². The number of thioether (sulfide) groups is 1. The molecule has 2 aliphatic heterocycles. The molecule has 6 rings (SSSR count). The molecule has 4 aromatic rings. The minimum atomic E-state index is -1.09. The maximum absolute atomic E-state index is 13.4. The Labute approximate surface area is 292 Å². The molecule has 0 spiro atoms. The summed E-state index contributed by atoms with van der Waals surface area (Å²) in [6, 6.07) is 25.2. The number of carbonyl (C=O) groups excluding carboxylic acids is 3. The first-order valence-corrected chi connectivity index (χ1v) is 17.0. The predicted octanol–water partition coefficient (Wildman–Crippen LogP) is 5.41. The van der Waals surface area contributed by atoms with Crippen LogP contribution in [-0.2, 0) is 37.0 Å². The van der Waals surface area contributed by atoms with Crippen LogP contribution in [0.15, 0.2) is 102 Å². The molecule has 0 aliphatic carbocycles. The van der Waals surface area contributed by atoms with E-state index in [2.05, 4.69) is 10.3 Å². The van der Waals surface area contributed by atoms with E-state index in [0.29, 0.717) is 22.0 Å². The minimum Gasteiger partial charge on any atom is -0.478 e. The fraction of sp³-hybridized carbons (Fsp3) is 0.270. The van der Waals surface area contributed by atoms with Crippen molar-refractivity contribution in [3.63, 3.8) is 0 Å². The maximum atomic E-state index is 13.4. The molecule has 258 valence electrons. The van der Waals surface area contributed by atoms with Crippen molar-refractivity contribution in [2.45, 2.75) is 56.1 Å². The molecule has 3 aromatic carbocycles. The van der Waals surface area contributed by atoms with Crippen molar-refractivity contribution >= 4 is 41.3 Å². The highest BCUT2D eigenvalue weighted by Crippen LogP contribution is 2.43. The first kappa shape index (κ1) is 34.8. The van der Waals surface area contributed by atoms with Gasteiger partial charge in [-0.1, -0.05) is 73.7 Å². The molecule has 2 fully saturated rings. The number of aromatic nitrogens is 1. The second-order valence-corrected chi connectivity index (χ2v) is 12.9. The van der Waals surface area contributed by atoms with Gasteiger partial charge >= 0.3 is 12.1 Å². The Morgan fingerprint density at radius 1 is 0.960 bits per heavy atom. The molecule has 3 heterocycles. The highest BCUT2D eigenvalue weighted by molar-refractivity contribution is 7.99. The molecule has 1 unspecified atom stereocenters. The van der Waals surface area contributed by atoms with Crippen LogP contribution in [0, 0.1) is 5.92 Å². The van der Waals surface area contributed by atoms with Gasteiger partial charge in [0, 0.05) is 23.4 Å². The molecule has 50 heavy (non-hydrogen) atoms. The summed E-state index contributed by atoms with van der Waals surface area (Å²) in [4.78, 5) is 56.1. The number of aromatic carboxylic acids is 1. The Morgan fingerprint density at radius 3 is 2.48 bits per heavy atom. The number of ether oxygens (including phenoxy) is 3. The number of benzene rings is 3. The zero-order valence-electron chi connectivity index (χ0n) is 27.0. The SMILES string of the molecule is C[C@H]1[C@@H](CSc2ncccc2C(=O)O)O[C@@H](c2cccc(N3C(=O)CC(NC(=O)OCc4ccccc4)C3=O)c2)O[C@H]1c1ccc(CO)cc1. The molecule has 0 bridgehead atoms. The highest BCUT2D eigenvalue weighted by Gasteiger charge is 2.42. The molecule has 0 radical (unpaired) electrons. The summed E-state index contributed by atoms with van der Waals surface area (Å²) in [7, 11) is 0. The van der Waals surface area contributed by atoms with E-state index in [0.717, 1.165) is 21.6 Å². The van der Waals surface area contributed by atoms with Gasteiger partial charge < -0.3 is 29.7 Å². The highest BCUT2D eigenvalue weighted by atomic mass is 32.2. The second-order valence-electron chi connectivity index (χ2n) is 11.9.